The molecular formula is C22H22F2N2O6S. The minimum atomic E-state index is -0.891. The predicted molar refractivity (Wildman–Crippen MR) is 118 cm³/mol. The van der Waals surface area contributed by atoms with E-state index in [2.05, 4.69) is 9.69 Å². The zero-order chi connectivity index (χ0) is 24.0. The zero-order valence-corrected chi connectivity index (χ0v) is 19.2. The third-order valence-electron chi connectivity index (χ3n) is 4.71. The lowest BCUT2D eigenvalue weighted by Crippen LogP contribution is -2.10. The number of rotatable bonds is 10. The number of ether oxygens (including phenoxy) is 5. The number of carbonyl (C=O) groups excluding carboxylic acids is 1. The molecule has 0 saturated carbocycles. The summed E-state index contributed by atoms with van der Waals surface area (Å²) in [5, 5.41) is 3.47. The van der Waals surface area contributed by atoms with Gasteiger partial charge in [-0.1, -0.05) is 0 Å². The van der Waals surface area contributed by atoms with Gasteiger partial charge in [0.25, 0.3) is 0 Å². The second kappa shape index (κ2) is 10.8. The van der Waals surface area contributed by atoms with Gasteiger partial charge in [-0.05, 0) is 35.8 Å². The van der Waals surface area contributed by atoms with Gasteiger partial charge in [-0.15, -0.1) is 0 Å². The molecule has 1 heterocycles. The molecule has 3 rings (SSSR count). The number of esters is 1. The molecule has 0 aliphatic carbocycles. The Morgan fingerprint density at radius 1 is 1.03 bits per heavy atom. The molecule has 0 spiro atoms. The number of nitrogens with one attached hydrogen (secondary N) is 1. The number of halogens is 2. The highest BCUT2D eigenvalue weighted by Crippen LogP contribution is 2.34. The van der Waals surface area contributed by atoms with Gasteiger partial charge in [-0.25, -0.2) is 13.6 Å². The molecule has 0 aliphatic rings. The Hall–Kier alpha value is -3.60. The Kier molecular flexibility index (Phi) is 7.88. The first kappa shape index (κ1) is 24.1. The van der Waals surface area contributed by atoms with Crippen molar-refractivity contribution >= 4 is 22.5 Å². The average molecular weight is 480 g/mol. The van der Waals surface area contributed by atoms with E-state index < -0.39 is 24.2 Å². The summed E-state index contributed by atoms with van der Waals surface area (Å²) in [6.07, 6.45) is 0. The fraction of sp³-hybridized carbons (Fsp3) is 0.273. The largest absolute Gasteiger partial charge is 0.497 e. The summed E-state index contributed by atoms with van der Waals surface area (Å²) < 4.78 is 58.4. The van der Waals surface area contributed by atoms with Gasteiger partial charge in [0.15, 0.2) is 17.1 Å². The highest BCUT2D eigenvalue weighted by Gasteiger charge is 2.25. The van der Waals surface area contributed by atoms with E-state index >= 15 is 0 Å². The van der Waals surface area contributed by atoms with Gasteiger partial charge < -0.3 is 29.0 Å². The van der Waals surface area contributed by atoms with Crippen LogP contribution in [0.2, 0.25) is 0 Å². The van der Waals surface area contributed by atoms with Crippen LogP contribution in [-0.2, 0) is 17.9 Å². The van der Waals surface area contributed by atoms with E-state index in [9.17, 15) is 13.6 Å². The number of aromatic nitrogens is 1. The van der Waals surface area contributed by atoms with Crippen LogP contribution in [-0.4, -0.2) is 38.8 Å². The topological polar surface area (TPSA) is 88.1 Å². The molecule has 0 saturated heterocycles. The van der Waals surface area contributed by atoms with Crippen LogP contribution >= 0.6 is 11.5 Å². The first-order valence-electron chi connectivity index (χ1n) is 9.59. The lowest BCUT2D eigenvalue weighted by Gasteiger charge is -2.12. The van der Waals surface area contributed by atoms with Crippen molar-refractivity contribution in [3.8, 4) is 23.1 Å². The maximum absolute atomic E-state index is 14.4. The summed E-state index contributed by atoms with van der Waals surface area (Å²) in [6, 6.07) is 7.57. The van der Waals surface area contributed by atoms with Gasteiger partial charge in [0, 0.05) is 18.2 Å². The van der Waals surface area contributed by atoms with E-state index in [1.165, 1.54) is 27.4 Å². The van der Waals surface area contributed by atoms with Gasteiger partial charge >= 0.3 is 5.97 Å². The van der Waals surface area contributed by atoms with Crippen LogP contribution in [0.4, 0.5) is 13.8 Å². The van der Waals surface area contributed by atoms with Crippen LogP contribution in [0.3, 0.4) is 0 Å². The fourth-order valence-corrected chi connectivity index (χ4v) is 3.67. The van der Waals surface area contributed by atoms with Gasteiger partial charge in [0.2, 0.25) is 5.88 Å². The Bertz CT molecular complexity index is 1140. The maximum atomic E-state index is 14.4. The molecule has 0 atom stereocenters. The molecule has 8 nitrogen and oxygen atoms in total. The zero-order valence-electron chi connectivity index (χ0n) is 18.4. The van der Waals surface area contributed by atoms with Crippen molar-refractivity contribution in [2.75, 3.05) is 33.8 Å². The van der Waals surface area contributed by atoms with Gasteiger partial charge in [-0.2, -0.15) is 4.37 Å². The number of hydrogen-bond donors (Lipinski definition) is 1. The van der Waals surface area contributed by atoms with E-state index in [0.717, 1.165) is 23.2 Å². The third-order valence-corrected chi connectivity index (χ3v) is 5.50. The van der Waals surface area contributed by atoms with Crippen molar-refractivity contribution in [2.24, 2.45) is 0 Å². The predicted octanol–water partition coefficient (Wildman–Crippen LogP) is 4.42. The van der Waals surface area contributed by atoms with E-state index in [4.69, 9.17) is 23.7 Å². The van der Waals surface area contributed by atoms with E-state index in [-0.39, 0.29) is 29.3 Å². The number of benzene rings is 2. The van der Waals surface area contributed by atoms with Crippen LogP contribution in [0.1, 0.15) is 21.5 Å². The van der Waals surface area contributed by atoms with Crippen molar-refractivity contribution in [1.82, 2.24) is 4.37 Å². The summed E-state index contributed by atoms with van der Waals surface area (Å²) in [7, 11) is 5.57. The van der Waals surface area contributed by atoms with Crippen LogP contribution in [0.25, 0.3) is 0 Å². The molecule has 0 amide bonds. The number of nitrogens with zero attached hydrogens (tertiary/aromatic N) is 1. The molecule has 11 heteroatoms. The number of carbonyl (C=O) groups is 1. The molecule has 2 aromatic carbocycles. The Morgan fingerprint density at radius 3 is 2.45 bits per heavy atom. The molecule has 0 bridgehead atoms. The van der Waals surface area contributed by atoms with Crippen molar-refractivity contribution in [3.05, 3.63) is 58.7 Å². The molecule has 1 aromatic heterocycles. The third kappa shape index (κ3) is 5.25. The average Bonchev–Trinajstić information content (AvgIpc) is 3.24. The van der Waals surface area contributed by atoms with Crippen molar-refractivity contribution in [3.63, 3.8) is 0 Å². The first-order valence-corrected chi connectivity index (χ1v) is 10.4. The Labute approximate surface area is 193 Å². The molecule has 0 fully saturated rings. The van der Waals surface area contributed by atoms with Crippen molar-refractivity contribution in [1.29, 1.82) is 0 Å². The van der Waals surface area contributed by atoms with Crippen LogP contribution < -0.4 is 24.3 Å². The lowest BCUT2D eigenvalue weighted by atomic mass is 10.2. The lowest BCUT2D eigenvalue weighted by molar-refractivity contribution is 0.0596. The SMILES string of the molecule is COC(=O)c1c(OCc2c(F)ccc(OC)c2F)nsc1NCc1ccc(OC)cc1OC. The molecule has 0 unspecified atom stereocenters. The normalized spacial score (nSPS) is 10.5. The van der Waals surface area contributed by atoms with Crippen LogP contribution in [0.15, 0.2) is 30.3 Å². The molecule has 1 N–H and O–H groups in total. The second-order valence-electron chi connectivity index (χ2n) is 6.55. The van der Waals surface area contributed by atoms with Crippen molar-refractivity contribution < 1.29 is 37.3 Å². The Balaban J connectivity index is 1.82. The standard InChI is InChI=1S/C22H22F2N2O6S/c1-28-13-6-5-12(17(9-13)30-3)10-25-21-18(22(27)31-4)20(26-33-21)32-11-14-15(23)7-8-16(29-2)19(14)24/h5-9,25H,10-11H2,1-4H3. The number of anilines is 1. The summed E-state index contributed by atoms with van der Waals surface area (Å²) in [6.45, 7) is -0.216. The molecule has 176 valence electrons. The highest BCUT2D eigenvalue weighted by atomic mass is 32.1. The fourth-order valence-electron chi connectivity index (χ4n) is 2.96. The monoisotopic (exact) mass is 480 g/mol. The van der Waals surface area contributed by atoms with Crippen molar-refractivity contribution in [2.45, 2.75) is 13.2 Å². The van der Waals surface area contributed by atoms with E-state index in [1.807, 2.05) is 6.07 Å². The van der Waals surface area contributed by atoms with Crippen LogP contribution in [0.5, 0.6) is 23.1 Å². The number of hydrogen-bond acceptors (Lipinski definition) is 9. The summed E-state index contributed by atoms with van der Waals surface area (Å²) in [4.78, 5) is 12.4. The summed E-state index contributed by atoms with van der Waals surface area (Å²) in [5.74, 6) is -1.43. The minimum Gasteiger partial charge on any atom is -0.497 e. The van der Waals surface area contributed by atoms with Gasteiger partial charge in [-0.3, -0.25) is 0 Å². The highest BCUT2D eigenvalue weighted by molar-refractivity contribution is 7.10. The summed E-state index contributed by atoms with van der Waals surface area (Å²) >= 11 is 0.947. The quantitative estimate of drug-likeness (QED) is 0.427. The molecule has 0 aliphatic heterocycles. The molecule has 33 heavy (non-hydrogen) atoms. The molecule has 3 aromatic rings. The van der Waals surface area contributed by atoms with Gasteiger partial charge in [0.05, 0.1) is 34.0 Å². The van der Waals surface area contributed by atoms with Gasteiger partial charge in [0.1, 0.15) is 28.9 Å². The Morgan fingerprint density at radius 2 is 1.79 bits per heavy atom. The summed E-state index contributed by atoms with van der Waals surface area (Å²) in [5.41, 5.74) is 0.458. The molecular weight excluding hydrogens is 458 g/mol. The van der Waals surface area contributed by atoms with E-state index in [1.54, 1.807) is 19.2 Å². The smallest absolute Gasteiger partial charge is 0.346 e. The second-order valence-corrected chi connectivity index (χ2v) is 7.32. The van der Waals surface area contributed by atoms with Crippen LogP contribution in [0, 0.1) is 11.6 Å². The maximum Gasteiger partial charge on any atom is 0.346 e. The minimum absolute atomic E-state index is 0.0127. The molecule has 0 radical (unpaired) electrons. The van der Waals surface area contributed by atoms with E-state index in [0.29, 0.717) is 16.5 Å². The first-order chi connectivity index (χ1) is 15.9. The number of methoxy groups -OCH3 is 4.